The quantitative estimate of drug-likeness (QED) is 0.855. The number of hydrogen-bond donors (Lipinski definition) is 1. The molecule has 2 aromatic carbocycles. The predicted molar refractivity (Wildman–Crippen MR) is 76.3 cm³/mol. The number of methoxy groups -OCH3 is 1. The van der Waals surface area contributed by atoms with Gasteiger partial charge in [-0.25, -0.2) is 0 Å². The molecule has 1 N–H and O–H groups in total. The fraction of sp³-hybridized carbons (Fsp3) is 0.176. The maximum absolute atomic E-state index is 12.4. The largest absolute Gasteiger partial charge is 0.496 e. The van der Waals surface area contributed by atoms with Crippen LogP contribution in [0.15, 0.2) is 48.5 Å². The Morgan fingerprint density at radius 3 is 2.27 bits per heavy atom. The molecule has 0 aliphatic rings. The molecule has 0 saturated carbocycles. The van der Waals surface area contributed by atoms with E-state index in [-0.39, 0.29) is 0 Å². The maximum Gasteiger partial charge on any atom is 0.416 e. The number of rotatable bonds is 2. The Balaban J connectivity index is 2.19. The van der Waals surface area contributed by atoms with Crippen LogP contribution in [-0.2, 0) is 6.18 Å². The second kappa shape index (κ2) is 6.54. The van der Waals surface area contributed by atoms with Gasteiger partial charge in [0.25, 0.3) is 0 Å². The van der Waals surface area contributed by atoms with Gasteiger partial charge < -0.3 is 9.84 Å². The zero-order chi connectivity index (χ0) is 16.2. The number of ether oxygens (including phenoxy) is 1. The average Bonchev–Trinajstić information content (AvgIpc) is 2.52. The molecule has 0 radical (unpaired) electrons. The molecule has 0 aliphatic heterocycles. The maximum atomic E-state index is 12.4. The Morgan fingerprint density at radius 2 is 1.68 bits per heavy atom. The van der Waals surface area contributed by atoms with E-state index >= 15 is 0 Å². The molecule has 2 aromatic rings. The van der Waals surface area contributed by atoms with Gasteiger partial charge in [-0.2, -0.15) is 13.2 Å². The minimum atomic E-state index is -4.37. The summed E-state index contributed by atoms with van der Waals surface area (Å²) in [5, 5.41) is 10.0. The summed E-state index contributed by atoms with van der Waals surface area (Å²) in [6.45, 7) is 0. The lowest BCUT2D eigenvalue weighted by atomic mass is 10.1. The van der Waals surface area contributed by atoms with Crippen LogP contribution in [0, 0.1) is 11.8 Å². The van der Waals surface area contributed by atoms with Crippen molar-refractivity contribution in [3.63, 3.8) is 0 Å². The van der Waals surface area contributed by atoms with Crippen LogP contribution in [0.1, 0.15) is 22.8 Å². The van der Waals surface area contributed by atoms with Gasteiger partial charge in [0.15, 0.2) is 0 Å². The molecular weight excluding hydrogens is 293 g/mol. The molecule has 114 valence electrons. The van der Waals surface area contributed by atoms with Crippen molar-refractivity contribution in [3.05, 3.63) is 65.2 Å². The summed E-state index contributed by atoms with van der Waals surface area (Å²) in [5.41, 5.74) is 0.162. The summed E-state index contributed by atoms with van der Waals surface area (Å²) < 4.78 is 42.5. The van der Waals surface area contributed by atoms with E-state index < -0.39 is 17.8 Å². The van der Waals surface area contributed by atoms with Crippen LogP contribution >= 0.6 is 0 Å². The third-order valence-corrected chi connectivity index (χ3v) is 3.00. The van der Waals surface area contributed by atoms with Crippen molar-refractivity contribution in [3.8, 4) is 17.6 Å². The average molecular weight is 306 g/mol. The number of benzene rings is 2. The monoisotopic (exact) mass is 306 g/mol. The summed E-state index contributed by atoms with van der Waals surface area (Å²) in [6, 6.07) is 11.3. The standard InChI is InChI=1S/C17H13F3O2/c1-22-16-5-3-2-4-14(16)15(21)11-8-12-6-9-13(10-7-12)17(18,19)20/h2-7,9-10,15,21H,1H3. The second-order valence-electron chi connectivity index (χ2n) is 4.49. The van der Waals surface area contributed by atoms with Gasteiger partial charge in [-0.05, 0) is 30.3 Å². The van der Waals surface area contributed by atoms with E-state index in [0.717, 1.165) is 12.1 Å². The van der Waals surface area contributed by atoms with Gasteiger partial charge in [0.2, 0.25) is 0 Å². The first-order valence-electron chi connectivity index (χ1n) is 6.41. The van der Waals surface area contributed by atoms with E-state index in [2.05, 4.69) is 11.8 Å². The molecule has 1 atom stereocenters. The SMILES string of the molecule is COc1ccccc1C(O)C#Cc1ccc(C(F)(F)F)cc1. The highest BCUT2D eigenvalue weighted by Gasteiger charge is 2.29. The molecule has 2 rings (SSSR count). The minimum Gasteiger partial charge on any atom is -0.496 e. The molecule has 2 nitrogen and oxygen atoms in total. The van der Waals surface area contributed by atoms with Gasteiger partial charge in [0.1, 0.15) is 11.9 Å². The summed E-state index contributed by atoms with van der Waals surface area (Å²) in [5.74, 6) is 5.74. The summed E-state index contributed by atoms with van der Waals surface area (Å²) >= 11 is 0. The van der Waals surface area contributed by atoms with Crippen LogP contribution in [0.2, 0.25) is 0 Å². The normalized spacial score (nSPS) is 12.2. The Kier molecular flexibility index (Phi) is 4.74. The van der Waals surface area contributed by atoms with Gasteiger partial charge in [-0.3, -0.25) is 0 Å². The fourth-order valence-electron chi connectivity index (χ4n) is 1.86. The van der Waals surface area contributed by atoms with Gasteiger partial charge in [0, 0.05) is 11.1 Å². The van der Waals surface area contributed by atoms with Crippen molar-refractivity contribution in [2.75, 3.05) is 7.11 Å². The van der Waals surface area contributed by atoms with Crippen molar-refractivity contribution < 1.29 is 23.0 Å². The highest BCUT2D eigenvalue weighted by atomic mass is 19.4. The molecular formula is C17H13F3O2. The lowest BCUT2D eigenvalue weighted by Crippen LogP contribution is -2.04. The third-order valence-electron chi connectivity index (χ3n) is 3.00. The van der Waals surface area contributed by atoms with Gasteiger partial charge in [0.05, 0.1) is 12.7 Å². The van der Waals surface area contributed by atoms with E-state index in [0.29, 0.717) is 16.9 Å². The number of alkyl halides is 3. The molecule has 5 heteroatoms. The molecule has 1 unspecified atom stereocenters. The highest BCUT2D eigenvalue weighted by molar-refractivity contribution is 5.42. The number of halogens is 3. The molecule has 0 heterocycles. The first-order chi connectivity index (χ1) is 10.4. The molecule has 0 amide bonds. The van der Waals surface area contributed by atoms with Crippen molar-refractivity contribution in [2.45, 2.75) is 12.3 Å². The number of aliphatic hydroxyl groups excluding tert-OH is 1. The Labute approximate surface area is 126 Å². The molecule has 0 bridgehead atoms. The molecule has 22 heavy (non-hydrogen) atoms. The minimum absolute atomic E-state index is 0.391. The molecule has 0 spiro atoms. The van der Waals surface area contributed by atoms with Gasteiger partial charge in [-0.15, -0.1) is 0 Å². The Bertz CT molecular complexity index is 694. The molecule has 0 saturated heterocycles. The van der Waals surface area contributed by atoms with Crippen molar-refractivity contribution >= 4 is 0 Å². The topological polar surface area (TPSA) is 29.5 Å². The summed E-state index contributed by atoms with van der Waals surface area (Å²) in [6.07, 6.45) is -5.46. The Morgan fingerprint density at radius 1 is 1.05 bits per heavy atom. The van der Waals surface area contributed by atoms with E-state index in [1.807, 2.05) is 0 Å². The van der Waals surface area contributed by atoms with E-state index in [1.165, 1.54) is 19.2 Å². The lowest BCUT2D eigenvalue weighted by Gasteiger charge is -2.09. The van der Waals surface area contributed by atoms with Crippen LogP contribution in [-0.4, -0.2) is 12.2 Å². The highest BCUT2D eigenvalue weighted by Crippen LogP contribution is 2.29. The van der Waals surface area contributed by atoms with Crippen LogP contribution in [0.4, 0.5) is 13.2 Å². The first kappa shape index (κ1) is 15.9. The van der Waals surface area contributed by atoms with Gasteiger partial charge >= 0.3 is 6.18 Å². The van der Waals surface area contributed by atoms with Crippen LogP contribution in [0.3, 0.4) is 0 Å². The number of hydrogen-bond acceptors (Lipinski definition) is 2. The number of aliphatic hydroxyl groups is 1. The molecule has 0 aromatic heterocycles. The lowest BCUT2D eigenvalue weighted by molar-refractivity contribution is -0.137. The Hall–Kier alpha value is -2.45. The van der Waals surface area contributed by atoms with Crippen molar-refractivity contribution in [1.82, 2.24) is 0 Å². The zero-order valence-corrected chi connectivity index (χ0v) is 11.7. The summed E-state index contributed by atoms with van der Waals surface area (Å²) in [7, 11) is 1.48. The molecule has 0 aliphatic carbocycles. The zero-order valence-electron chi connectivity index (χ0n) is 11.7. The van der Waals surface area contributed by atoms with Crippen molar-refractivity contribution in [1.29, 1.82) is 0 Å². The fourth-order valence-corrected chi connectivity index (χ4v) is 1.86. The smallest absolute Gasteiger partial charge is 0.416 e. The van der Waals surface area contributed by atoms with Crippen LogP contribution in [0.25, 0.3) is 0 Å². The van der Waals surface area contributed by atoms with E-state index in [9.17, 15) is 18.3 Å². The van der Waals surface area contributed by atoms with E-state index in [4.69, 9.17) is 4.74 Å². The van der Waals surface area contributed by atoms with Crippen molar-refractivity contribution in [2.24, 2.45) is 0 Å². The second-order valence-corrected chi connectivity index (χ2v) is 4.49. The molecule has 0 fully saturated rings. The summed E-state index contributed by atoms with van der Waals surface area (Å²) in [4.78, 5) is 0. The van der Waals surface area contributed by atoms with E-state index in [1.54, 1.807) is 24.3 Å². The first-order valence-corrected chi connectivity index (χ1v) is 6.41. The predicted octanol–water partition coefficient (Wildman–Crippen LogP) is 3.80. The third kappa shape index (κ3) is 3.80. The van der Waals surface area contributed by atoms with Gasteiger partial charge in [-0.1, -0.05) is 30.0 Å². The van der Waals surface area contributed by atoms with Crippen LogP contribution < -0.4 is 4.74 Å². The number of para-hydroxylation sites is 1. The van der Waals surface area contributed by atoms with Crippen LogP contribution in [0.5, 0.6) is 5.75 Å².